The van der Waals surface area contributed by atoms with Gasteiger partial charge in [-0.1, -0.05) is 23.7 Å². The molecule has 2 N–H and O–H groups in total. The first-order valence-corrected chi connectivity index (χ1v) is 11.1. The highest BCUT2D eigenvalue weighted by atomic mass is 35.5. The topological polar surface area (TPSA) is 63.1 Å². The number of halogens is 4. The second-order valence-corrected chi connectivity index (χ2v) is 8.68. The maximum Gasteiger partial charge on any atom is 0.417 e. The van der Waals surface area contributed by atoms with E-state index in [9.17, 15) is 22.8 Å². The monoisotopic (exact) mass is 477 g/mol. The van der Waals surface area contributed by atoms with Gasteiger partial charge in [0.25, 0.3) is 5.56 Å². The summed E-state index contributed by atoms with van der Waals surface area (Å²) in [6, 6.07) is 10.2. The summed E-state index contributed by atoms with van der Waals surface area (Å²) in [6.07, 6.45) is -1.10. The van der Waals surface area contributed by atoms with Crippen LogP contribution in [0.25, 0.3) is 10.8 Å². The number of benzene rings is 2. The van der Waals surface area contributed by atoms with Crippen LogP contribution in [0.15, 0.2) is 53.5 Å². The Bertz CT molecular complexity index is 1230. The van der Waals surface area contributed by atoms with Crippen molar-refractivity contribution >= 4 is 34.0 Å². The van der Waals surface area contributed by atoms with Crippen LogP contribution in [0, 0.1) is 5.92 Å². The van der Waals surface area contributed by atoms with Crippen LogP contribution in [-0.2, 0) is 23.9 Å². The lowest BCUT2D eigenvalue weighted by molar-refractivity contribution is -0.137. The Kier molecular flexibility index (Phi) is 6.76. The molecule has 1 saturated heterocycles. The quantitative estimate of drug-likeness (QED) is 0.552. The average molecular weight is 478 g/mol. The number of carbonyl (C=O) groups is 1. The summed E-state index contributed by atoms with van der Waals surface area (Å²) in [5.41, 5.74) is -0.481. The summed E-state index contributed by atoms with van der Waals surface area (Å²) in [5, 5.41) is 6.69. The second-order valence-electron chi connectivity index (χ2n) is 8.27. The SMILES string of the molecule is O=C(Cc1ccc(Cl)c(C(F)(F)F)c1)Nc1cccc2c(=O)n(CC3CCNCC3)ccc12. The molecule has 0 saturated carbocycles. The lowest BCUT2D eigenvalue weighted by Gasteiger charge is -2.23. The van der Waals surface area contributed by atoms with Gasteiger partial charge in [0.1, 0.15) is 0 Å². The van der Waals surface area contributed by atoms with Crippen molar-refractivity contribution in [2.24, 2.45) is 5.92 Å². The third kappa shape index (κ3) is 5.39. The van der Waals surface area contributed by atoms with E-state index in [-0.39, 0.29) is 17.5 Å². The standard InChI is InChI=1S/C24H23ClF3N3O2/c25-20-5-4-16(12-19(20)24(26,27)28)13-22(32)30-21-3-1-2-18-17(21)8-11-31(23(18)33)14-15-6-9-29-10-7-15/h1-5,8,11-12,15,29H,6-7,9-10,13-14H2,(H,30,32). The summed E-state index contributed by atoms with van der Waals surface area (Å²) in [5.74, 6) is -0.0536. The molecule has 9 heteroatoms. The number of anilines is 1. The minimum absolute atomic E-state index is 0.130. The van der Waals surface area contributed by atoms with Crippen molar-refractivity contribution in [2.75, 3.05) is 18.4 Å². The van der Waals surface area contributed by atoms with E-state index in [1.807, 2.05) is 0 Å². The molecule has 5 nitrogen and oxygen atoms in total. The number of rotatable bonds is 5. The molecule has 0 aliphatic carbocycles. The average Bonchev–Trinajstić information content (AvgIpc) is 2.77. The molecule has 2 aromatic carbocycles. The van der Waals surface area contributed by atoms with Gasteiger partial charge >= 0.3 is 6.18 Å². The molecule has 1 aromatic heterocycles. The molecule has 0 atom stereocenters. The zero-order chi connectivity index (χ0) is 23.6. The Labute approximate surface area is 193 Å². The zero-order valence-electron chi connectivity index (χ0n) is 17.7. The van der Waals surface area contributed by atoms with Gasteiger partial charge in [0.15, 0.2) is 0 Å². The summed E-state index contributed by atoms with van der Waals surface area (Å²) in [4.78, 5) is 25.6. The first kappa shape index (κ1) is 23.3. The number of piperidine rings is 1. The molecule has 1 amide bonds. The van der Waals surface area contributed by atoms with E-state index in [1.165, 1.54) is 6.07 Å². The normalized spacial score (nSPS) is 15.0. The lowest BCUT2D eigenvalue weighted by Crippen LogP contribution is -2.32. The van der Waals surface area contributed by atoms with Gasteiger partial charge < -0.3 is 15.2 Å². The number of fused-ring (bicyclic) bond motifs is 1. The molecule has 3 aromatic rings. The van der Waals surface area contributed by atoms with E-state index in [4.69, 9.17) is 11.6 Å². The number of amides is 1. The van der Waals surface area contributed by atoms with E-state index >= 15 is 0 Å². The van der Waals surface area contributed by atoms with Gasteiger partial charge in [0, 0.05) is 29.2 Å². The smallest absolute Gasteiger partial charge is 0.325 e. The Morgan fingerprint density at radius 1 is 1.12 bits per heavy atom. The molecule has 0 spiro atoms. The molecule has 1 aliphatic rings. The Morgan fingerprint density at radius 3 is 2.61 bits per heavy atom. The molecular formula is C24H23ClF3N3O2. The highest BCUT2D eigenvalue weighted by molar-refractivity contribution is 6.31. The molecule has 0 bridgehead atoms. The summed E-state index contributed by atoms with van der Waals surface area (Å²) >= 11 is 5.65. The molecule has 33 heavy (non-hydrogen) atoms. The minimum Gasteiger partial charge on any atom is -0.325 e. The van der Waals surface area contributed by atoms with Gasteiger partial charge in [-0.2, -0.15) is 13.2 Å². The first-order chi connectivity index (χ1) is 15.7. The first-order valence-electron chi connectivity index (χ1n) is 10.7. The van der Waals surface area contributed by atoms with Crippen molar-refractivity contribution in [3.63, 3.8) is 0 Å². The van der Waals surface area contributed by atoms with Crippen LogP contribution >= 0.6 is 11.6 Å². The van der Waals surface area contributed by atoms with Crippen molar-refractivity contribution in [3.8, 4) is 0 Å². The van der Waals surface area contributed by atoms with Crippen molar-refractivity contribution in [2.45, 2.75) is 32.0 Å². The lowest BCUT2D eigenvalue weighted by atomic mass is 9.98. The maximum absolute atomic E-state index is 13.1. The Hall–Kier alpha value is -2.84. The van der Waals surface area contributed by atoms with Crippen LogP contribution < -0.4 is 16.2 Å². The van der Waals surface area contributed by atoms with E-state index in [2.05, 4.69) is 10.6 Å². The van der Waals surface area contributed by atoms with Gasteiger partial charge in [-0.15, -0.1) is 0 Å². The molecule has 1 fully saturated rings. The van der Waals surface area contributed by atoms with Crippen molar-refractivity contribution in [1.29, 1.82) is 0 Å². The van der Waals surface area contributed by atoms with Crippen LogP contribution in [0.4, 0.5) is 18.9 Å². The summed E-state index contributed by atoms with van der Waals surface area (Å²) in [7, 11) is 0. The fraction of sp³-hybridized carbons (Fsp3) is 0.333. The van der Waals surface area contributed by atoms with E-state index in [1.54, 1.807) is 35.0 Å². The van der Waals surface area contributed by atoms with E-state index < -0.39 is 22.7 Å². The molecule has 2 heterocycles. The van der Waals surface area contributed by atoms with Crippen LogP contribution in [0.3, 0.4) is 0 Å². The highest BCUT2D eigenvalue weighted by Crippen LogP contribution is 2.35. The maximum atomic E-state index is 13.1. The molecule has 4 rings (SSSR count). The van der Waals surface area contributed by atoms with Crippen LogP contribution in [0.2, 0.25) is 5.02 Å². The predicted molar refractivity (Wildman–Crippen MR) is 123 cm³/mol. The van der Waals surface area contributed by atoms with Crippen molar-refractivity contribution in [1.82, 2.24) is 9.88 Å². The molecule has 1 aliphatic heterocycles. The summed E-state index contributed by atoms with van der Waals surface area (Å²) in [6.45, 7) is 2.54. The van der Waals surface area contributed by atoms with Gasteiger partial charge in [-0.3, -0.25) is 9.59 Å². The Morgan fingerprint density at radius 2 is 1.88 bits per heavy atom. The predicted octanol–water partition coefficient (Wildman–Crippen LogP) is 4.85. The number of carbonyl (C=O) groups excluding carboxylic acids is 1. The van der Waals surface area contributed by atoms with Gasteiger partial charge in [0.2, 0.25) is 5.91 Å². The number of hydrogen-bond acceptors (Lipinski definition) is 3. The van der Waals surface area contributed by atoms with Gasteiger partial charge in [-0.05, 0) is 67.7 Å². The number of nitrogens with zero attached hydrogens (tertiary/aromatic N) is 1. The number of nitrogens with one attached hydrogen (secondary N) is 2. The number of pyridine rings is 1. The third-order valence-electron chi connectivity index (χ3n) is 5.91. The minimum atomic E-state index is -4.60. The van der Waals surface area contributed by atoms with E-state index in [0.29, 0.717) is 28.9 Å². The molecule has 174 valence electrons. The zero-order valence-corrected chi connectivity index (χ0v) is 18.5. The largest absolute Gasteiger partial charge is 0.417 e. The highest BCUT2D eigenvalue weighted by Gasteiger charge is 2.33. The fourth-order valence-electron chi connectivity index (χ4n) is 4.19. The van der Waals surface area contributed by atoms with Crippen LogP contribution in [0.1, 0.15) is 24.0 Å². The van der Waals surface area contributed by atoms with Crippen molar-refractivity contribution < 1.29 is 18.0 Å². The number of hydrogen-bond donors (Lipinski definition) is 2. The summed E-state index contributed by atoms with van der Waals surface area (Å²) < 4.78 is 41.0. The van der Waals surface area contributed by atoms with Crippen molar-refractivity contribution in [3.05, 3.63) is 75.2 Å². The fourth-order valence-corrected chi connectivity index (χ4v) is 4.42. The van der Waals surface area contributed by atoms with Gasteiger partial charge in [0.05, 0.1) is 17.0 Å². The second kappa shape index (κ2) is 9.57. The Balaban J connectivity index is 1.53. The molecular weight excluding hydrogens is 455 g/mol. The van der Waals surface area contributed by atoms with Gasteiger partial charge in [-0.25, -0.2) is 0 Å². The van der Waals surface area contributed by atoms with Crippen LogP contribution in [-0.4, -0.2) is 23.6 Å². The molecule has 0 unspecified atom stereocenters. The molecule has 0 radical (unpaired) electrons. The van der Waals surface area contributed by atoms with E-state index in [0.717, 1.165) is 38.1 Å². The van der Waals surface area contributed by atoms with Crippen LogP contribution in [0.5, 0.6) is 0 Å². The number of alkyl halides is 3. The third-order valence-corrected chi connectivity index (χ3v) is 6.24. The number of aromatic nitrogens is 1.